The molecule has 0 radical (unpaired) electrons. The molecule has 2 amide bonds. The van der Waals surface area contributed by atoms with Crippen LogP contribution in [0.2, 0.25) is 0 Å². The molecule has 0 aliphatic heterocycles. The first-order valence-electron chi connectivity index (χ1n) is 8.21. The summed E-state index contributed by atoms with van der Waals surface area (Å²) in [6, 6.07) is 10.3. The fourth-order valence-electron chi connectivity index (χ4n) is 2.29. The van der Waals surface area contributed by atoms with Crippen molar-refractivity contribution < 1.29 is 23.8 Å². The van der Waals surface area contributed by atoms with Gasteiger partial charge in [0.2, 0.25) is 5.91 Å². The van der Waals surface area contributed by atoms with Gasteiger partial charge in [-0.2, -0.15) is 0 Å². The number of anilines is 1. The van der Waals surface area contributed by atoms with E-state index in [0.717, 1.165) is 5.75 Å². The second-order valence-electron chi connectivity index (χ2n) is 5.38. The summed E-state index contributed by atoms with van der Waals surface area (Å²) in [6.07, 6.45) is 0. The number of hydrogen-bond acceptors (Lipinski definition) is 5. The van der Waals surface area contributed by atoms with Crippen LogP contribution in [0.25, 0.3) is 0 Å². The van der Waals surface area contributed by atoms with Crippen LogP contribution < -0.4 is 24.8 Å². The van der Waals surface area contributed by atoms with Crippen LogP contribution >= 0.6 is 22.6 Å². The summed E-state index contributed by atoms with van der Waals surface area (Å²) in [6.45, 7) is 2.32. The van der Waals surface area contributed by atoms with Crippen molar-refractivity contribution in [2.45, 2.75) is 6.92 Å². The smallest absolute Gasteiger partial charge is 0.252 e. The van der Waals surface area contributed by atoms with Crippen molar-refractivity contribution in [3.05, 3.63) is 45.5 Å². The zero-order valence-electron chi connectivity index (χ0n) is 15.3. The van der Waals surface area contributed by atoms with Gasteiger partial charge in [0.1, 0.15) is 5.75 Å². The Bertz CT molecular complexity index is 808. The highest BCUT2D eigenvalue weighted by molar-refractivity contribution is 14.1. The molecule has 0 fully saturated rings. The molecule has 8 heteroatoms. The molecule has 2 rings (SSSR count). The van der Waals surface area contributed by atoms with Crippen LogP contribution in [0, 0.1) is 3.57 Å². The predicted octanol–water partition coefficient (Wildman–Crippen LogP) is 3.08. The maximum absolute atomic E-state index is 12.4. The van der Waals surface area contributed by atoms with E-state index >= 15 is 0 Å². The van der Waals surface area contributed by atoms with Gasteiger partial charge < -0.3 is 24.8 Å². The number of methoxy groups -OCH3 is 2. The van der Waals surface area contributed by atoms with Crippen molar-refractivity contribution in [3.63, 3.8) is 0 Å². The summed E-state index contributed by atoms with van der Waals surface area (Å²) >= 11 is 2.03. The molecule has 144 valence electrons. The fourth-order valence-corrected chi connectivity index (χ4v) is 2.97. The molecule has 0 heterocycles. The number of carbonyl (C=O) groups excluding carboxylic acids is 2. The molecule has 0 saturated heterocycles. The van der Waals surface area contributed by atoms with Gasteiger partial charge in [0.15, 0.2) is 11.5 Å². The average molecular weight is 484 g/mol. The zero-order valence-corrected chi connectivity index (χ0v) is 17.5. The second kappa shape index (κ2) is 10.0. The van der Waals surface area contributed by atoms with E-state index in [0.29, 0.717) is 32.9 Å². The lowest BCUT2D eigenvalue weighted by atomic mass is 10.2. The number of amides is 2. The standard InChI is InChI=1S/C19H21IN2O5/c1-4-27-13-7-5-12(6-8-13)22-18(23)11-21-19(24)14-9-16(25-2)17(26-3)10-15(14)20/h5-10H,4,11H2,1-3H3,(H,21,24)(H,22,23). The molecule has 0 aliphatic rings. The predicted molar refractivity (Wildman–Crippen MR) is 111 cm³/mol. The first-order valence-corrected chi connectivity index (χ1v) is 9.28. The maximum atomic E-state index is 12.4. The van der Waals surface area contributed by atoms with Crippen LogP contribution in [-0.4, -0.2) is 39.2 Å². The zero-order chi connectivity index (χ0) is 19.8. The van der Waals surface area contributed by atoms with Crippen LogP contribution in [0.1, 0.15) is 17.3 Å². The Morgan fingerprint density at radius 3 is 2.26 bits per heavy atom. The summed E-state index contributed by atoms with van der Waals surface area (Å²) in [5.74, 6) is 1.01. The number of halogens is 1. The van der Waals surface area contributed by atoms with Gasteiger partial charge in [-0.15, -0.1) is 0 Å². The number of nitrogens with one attached hydrogen (secondary N) is 2. The normalized spacial score (nSPS) is 10.1. The molecule has 0 aliphatic carbocycles. The second-order valence-corrected chi connectivity index (χ2v) is 6.54. The van der Waals surface area contributed by atoms with E-state index < -0.39 is 0 Å². The van der Waals surface area contributed by atoms with Gasteiger partial charge in [0, 0.05) is 9.26 Å². The van der Waals surface area contributed by atoms with Gasteiger partial charge in [0.05, 0.1) is 32.9 Å². The van der Waals surface area contributed by atoms with Gasteiger partial charge in [-0.3, -0.25) is 9.59 Å². The molecule has 0 unspecified atom stereocenters. The van der Waals surface area contributed by atoms with E-state index in [1.165, 1.54) is 14.2 Å². The van der Waals surface area contributed by atoms with Crippen molar-refractivity contribution in [1.29, 1.82) is 0 Å². The Kier molecular flexibility index (Phi) is 7.71. The Hall–Kier alpha value is -2.49. The molecule has 2 N–H and O–H groups in total. The number of benzene rings is 2. The highest BCUT2D eigenvalue weighted by Crippen LogP contribution is 2.31. The minimum Gasteiger partial charge on any atom is -0.494 e. The third-order valence-corrected chi connectivity index (χ3v) is 4.47. The molecular formula is C19H21IN2O5. The maximum Gasteiger partial charge on any atom is 0.252 e. The first-order chi connectivity index (χ1) is 13.0. The lowest BCUT2D eigenvalue weighted by molar-refractivity contribution is -0.115. The van der Waals surface area contributed by atoms with Crippen molar-refractivity contribution >= 4 is 40.1 Å². The van der Waals surface area contributed by atoms with Gasteiger partial charge in [0.25, 0.3) is 5.91 Å². The summed E-state index contributed by atoms with van der Waals surface area (Å²) in [7, 11) is 3.02. The van der Waals surface area contributed by atoms with Crippen LogP contribution in [0.5, 0.6) is 17.2 Å². The SMILES string of the molecule is CCOc1ccc(NC(=O)CNC(=O)c2cc(OC)c(OC)cc2I)cc1. The third-order valence-electron chi connectivity index (χ3n) is 3.58. The van der Waals surface area contributed by atoms with Gasteiger partial charge in [-0.05, 0) is 65.9 Å². The minimum absolute atomic E-state index is 0.156. The quantitative estimate of drug-likeness (QED) is 0.563. The molecular weight excluding hydrogens is 463 g/mol. The van der Waals surface area contributed by atoms with E-state index in [2.05, 4.69) is 10.6 Å². The van der Waals surface area contributed by atoms with E-state index in [-0.39, 0.29) is 18.4 Å². The molecule has 0 atom stereocenters. The summed E-state index contributed by atoms with van der Waals surface area (Å²) < 4.78 is 16.5. The molecule has 7 nitrogen and oxygen atoms in total. The van der Waals surface area contributed by atoms with Crippen molar-refractivity contribution in [1.82, 2.24) is 5.32 Å². The largest absolute Gasteiger partial charge is 0.494 e. The molecule has 0 spiro atoms. The highest BCUT2D eigenvalue weighted by Gasteiger charge is 2.16. The van der Waals surface area contributed by atoms with E-state index in [1.54, 1.807) is 36.4 Å². The van der Waals surface area contributed by atoms with E-state index in [4.69, 9.17) is 14.2 Å². The van der Waals surface area contributed by atoms with Gasteiger partial charge >= 0.3 is 0 Å². The molecule has 0 saturated carbocycles. The number of ether oxygens (including phenoxy) is 3. The molecule has 27 heavy (non-hydrogen) atoms. The Morgan fingerprint density at radius 2 is 1.67 bits per heavy atom. The summed E-state index contributed by atoms with van der Waals surface area (Å²) in [5, 5.41) is 5.32. The lowest BCUT2D eigenvalue weighted by Gasteiger charge is -2.12. The third kappa shape index (κ3) is 5.75. The minimum atomic E-state index is -0.373. The van der Waals surface area contributed by atoms with Crippen LogP contribution in [-0.2, 0) is 4.79 Å². The molecule has 2 aromatic carbocycles. The van der Waals surface area contributed by atoms with Crippen molar-refractivity contribution in [2.75, 3.05) is 32.7 Å². The van der Waals surface area contributed by atoms with Crippen molar-refractivity contribution in [2.24, 2.45) is 0 Å². The summed E-state index contributed by atoms with van der Waals surface area (Å²) in [5.41, 5.74) is 1.03. The Balaban J connectivity index is 1.95. The van der Waals surface area contributed by atoms with Crippen molar-refractivity contribution in [3.8, 4) is 17.2 Å². The number of hydrogen-bond donors (Lipinski definition) is 2. The first kappa shape index (κ1) is 20.8. The topological polar surface area (TPSA) is 85.9 Å². The fraction of sp³-hybridized carbons (Fsp3) is 0.263. The highest BCUT2D eigenvalue weighted by atomic mass is 127. The van der Waals surface area contributed by atoms with Crippen LogP contribution in [0.4, 0.5) is 5.69 Å². The van der Waals surface area contributed by atoms with E-state index in [1.807, 2.05) is 29.5 Å². The summed E-state index contributed by atoms with van der Waals surface area (Å²) in [4.78, 5) is 24.5. The molecule has 0 aromatic heterocycles. The average Bonchev–Trinajstić information content (AvgIpc) is 2.67. The van der Waals surface area contributed by atoms with Crippen LogP contribution in [0.15, 0.2) is 36.4 Å². The monoisotopic (exact) mass is 484 g/mol. The lowest BCUT2D eigenvalue weighted by Crippen LogP contribution is -2.33. The van der Waals surface area contributed by atoms with E-state index in [9.17, 15) is 9.59 Å². The Morgan fingerprint density at radius 1 is 1.04 bits per heavy atom. The number of rotatable bonds is 8. The van der Waals surface area contributed by atoms with Gasteiger partial charge in [-0.1, -0.05) is 0 Å². The van der Waals surface area contributed by atoms with Crippen LogP contribution in [0.3, 0.4) is 0 Å². The number of carbonyl (C=O) groups is 2. The molecule has 2 aromatic rings. The van der Waals surface area contributed by atoms with Gasteiger partial charge in [-0.25, -0.2) is 0 Å². The Labute approximate surface area is 171 Å². The molecule has 0 bridgehead atoms.